The summed E-state index contributed by atoms with van der Waals surface area (Å²) in [6.07, 6.45) is 1.70. The highest BCUT2D eigenvalue weighted by atomic mass is 32.1. The van der Waals surface area contributed by atoms with E-state index in [1.165, 1.54) is 10.4 Å². The SMILES string of the molecule is Cc1cccc(-c2cc(-c3ccccc3)n(CC(=O)N3CCc4nc(C)sc4CC3)n2)c1. The van der Waals surface area contributed by atoms with Gasteiger partial charge in [0.1, 0.15) is 6.54 Å². The molecule has 162 valence electrons. The van der Waals surface area contributed by atoms with Gasteiger partial charge >= 0.3 is 0 Å². The third kappa shape index (κ3) is 4.23. The van der Waals surface area contributed by atoms with Crippen molar-refractivity contribution in [1.29, 1.82) is 0 Å². The zero-order valence-corrected chi connectivity index (χ0v) is 19.2. The second kappa shape index (κ2) is 8.71. The molecule has 1 amide bonds. The van der Waals surface area contributed by atoms with Crippen LogP contribution in [0, 0.1) is 13.8 Å². The summed E-state index contributed by atoms with van der Waals surface area (Å²) in [4.78, 5) is 21.2. The minimum Gasteiger partial charge on any atom is -0.340 e. The van der Waals surface area contributed by atoms with Gasteiger partial charge in [-0.1, -0.05) is 54.1 Å². The van der Waals surface area contributed by atoms with Crippen molar-refractivity contribution in [2.75, 3.05) is 13.1 Å². The van der Waals surface area contributed by atoms with E-state index in [4.69, 9.17) is 5.10 Å². The third-order valence-corrected chi connectivity index (χ3v) is 6.99. The minimum absolute atomic E-state index is 0.105. The van der Waals surface area contributed by atoms with E-state index >= 15 is 0 Å². The number of carbonyl (C=O) groups excluding carboxylic acids is 1. The molecule has 4 aromatic rings. The smallest absolute Gasteiger partial charge is 0.244 e. The molecule has 2 aromatic carbocycles. The van der Waals surface area contributed by atoms with Crippen molar-refractivity contribution in [3.63, 3.8) is 0 Å². The Labute approximate surface area is 192 Å². The highest BCUT2D eigenvalue weighted by molar-refractivity contribution is 7.11. The van der Waals surface area contributed by atoms with Crippen LogP contribution in [0.3, 0.4) is 0 Å². The lowest BCUT2D eigenvalue weighted by Crippen LogP contribution is -2.36. The van der Waals surface area contributed by atoms with Gasteiger partial charge in [-0.3, -0.25) is 9.48 Å². The summed E-state index contributed by atoms with van der Waals surface area (Å²) < 4.78 is 1.86. The molecule has 5 rings (SSSR count). The van der Waals surface area contributed by atoms with Crippen LogP contribution in [0.4, 0.5) is 0 Å². The Kier molecular flexibility index (Phi) is 5.62. The molecule has 5 nitrogen and oxygen atoms in total. The van der Waals surface area contributed by atoms with E-state index in [9.17, 15) is 4.79 Å². The van der Waals surface area contributed by atoms with Crippen LogP contribution in [0.5, 0.6) is 0 Å². The van der Waals surface area contributed by atoms with Gasteiger partial charge in [0, 0.05) is 36.4 Å². The van der Waals surface area contributed by atoms with Crippen molar-refractivity contribution in [3.8, 4) is 22.5 Å². The van der Waals surface area contributed by atoms with Crippen LogP contribution in [0.25, 0.3) is 22.5 Å². The molecule has 0 unspecified atom stereocenters. The van der Waals surface area contributed by atoms with Crippen molar-refractivity contribution in [2.45, 2.75) is 33.2 Å². The molecule has 0 N–H and O–H groups in total. The third-order valence-electron chi connectivity index (χ3n) is 5.91. The summed E-state index contributed by atoms with van der Waals surface area (Å²) in [7, 11) is 0. The number of hydrogen-bond acceptors (Lipinski definition) is 4. The fraction of sp³-hybridized carbons (Fsp3) is 0.269. The molecular formula is C26H26N4OS. The van der Waals surface area contributed by atoms with Crippen LogP contribution in [-0.4, -0.2) is 38.7 Å². The molecule has 0 aliphatic carbocycles. The van der Waals surface area contributed by atoms with E-state index in [-0.39, 0.29) is 12.5 Å². The first-order chi connectivity index (χ1) is 15.6. The van der Waals surface area contributed by atoms with Gasteiger partial charge < -0.3 is 4.90 Å². The van der Waals surface area contributed by atoms with Crippen molar-refractivity contribution in [3.05, 3.63) is 81.8 Å². The molecule has 0 fully saturated rings. The molecule has 3 heterocycles. The van der Waals surface area contributed by atoms with Gasteiger partial charge in [-0.15, -0.1) is 11.3 Å². The number of thiazole rings is 1. The summed E-state index contributed by atoms with van der Waals surface area (Å²) in [5.41, 5.74) is 6.32. The number of benzene rings is 2. The van der Waals surface area contributed by atoms with Crippen LogP contribution < -0.4 is 0 Å². The predicted octanol–water partition coefficient (Wildman–Crippen LogP) is 4.92. The molecule has 1 aliphatic rings. The second-order valence-corrected chi connectivity index (χ2v) is 9.58. The van der Waals surface area contributed by atoms with Crippen LogP contribution >= 0.6 is 11.3 Å². The van der Waals surface area contributed by atoms with Crippen LogP contribution in [0.2, 0.25) is 0 Å². The van der Waals surface area contributed by atoms with Crippen molar-refractivity contribution < 1.29 is 4.79 Å². The molecule has 0 saturated heterocycles. The largest absolute Gasteiger partial charge is 0.340 e. The van der Waals surface area contributed by atoms with E-state index in [1.807, 2.05) is 33.8 Å². The van der Waals surface area contributed by atoms with Gasteiger partial charge in [0.05, 0.1) is 22.1 Å². The van der Waals surface area contributed by atoms with Gasteiger partial charge in [-0.2, -0.15) is 5.10 Å². The Morgan fingerprint density at radius 2 is 1.75 bits per heavy atom. The number of hydrogen-bond donors (Lipinski definition) is 0. The molecule has 0 atom stereocenters. The van der Waals surface area contributed by atoms with Gasteiger partial charge in [-0.05, 0) is 31.5 Å². The average Bonchev–Trinajstić information content (AvgIpc) is 3.31. The number of nitrogens with zero attached hydrogens (tertiary/aromatic N) is 4. The maximum Gasteiger partial charge on any atom is 0.244 e. The number of aromatic nitrogens is 3. The first-order valence-electron chi connectivity index (χ1n) is 11.0. The highest BCUT2D eigenvalue weighted by Crippen LogP contribution is 2.27. The number of aryl methyl sites for hydroxylation is 2. The Morgan fingerprint density at radius 3 is 2.56 bits per heavy atom. The molecule has 6 heteroatoms. The Bertz CT molecular complexity index is 1230. The topological polar surface area (TPSA) is 51.0 Å². The van der Waals surface area contributed by atoms with Crippen LogP contribution in [0.1, 0.15) is 21.1 Å². The summed E-state index contributed by atoms with van der Waals surface area (Å²) >= 11 is 1.76. The number of carbonyl (C=O) groups is 1. The van der Waals surface area contributed by atoms with Gasteiger partial charge in [0.25, 0.3) is 0 Å². The van der Waals surface area contributed by atoms with Gasteiger partial charge in [0.2, 0.25) is 5.91 Å². The van der Waals surface area contributed by atoms with Crippen molar-refractivity contribution >= 4 is 17.2 Å². The van der Waals surface area contributed by atoms with E-state index in [0.717, 1.165) is 52.6 Å². The van der Waals surface area contributed by atoms with E-state index in [2.05, 4.69) is 55.2 Å². The van der Waals surface area contributed by atoms with Crippen LogP contribution in [0.15, 0.2) is 60.7 Å². The highest BCUT2D eigenvalue weighted by Gasteiger charge is 2.22. The van der Waals surface area contributed by atoms with E-state index < -0.39 is 0 Å². The maximum absolute atomic E-state index is 13.3. The van der Waals surface area contributed by atoms with Gasteiger partial charge in [0.15, 0.2) is 0 Å². The molecule has 1 aliphatic heterocycles. The quantitative estimate of drug-likeness (QED) is 0.451. The minimum atomic E-state index is 0.105. The lowest BCUT2D eigenvalue weighted by Gasteiger charge is -2.20. The van der Waals surface area contributed by atoms with Crippen molar-refractivity contribution in [2.24, 2.45) is 0 Å². The number of rotatable bonds is 4. The standard InChI is InChI=1S/C26H26N4OS/c1-18-7-6-10-21(15-18)23-16-24(20-8-4-3-5-9-20)30(28-23)17-26(31)29-13-11-22-25(12-14-29)32-19(2)27-22/h3-10,15-16H,11-14,17H2,1-2H3. The monoisotopic (exact) mass is 442 g/mol. The maximum atomic E-state index is 13.3. The summed E-state index contributed by atoms with van der Waals surface area (Å²) in [5, 5.41) is 5.97. The lowest BCUT2D eigenvalue weighted by molar-refractivity contribution is -0.131. The van der Waals surface area contributed by atoms with Gasteiger partial charge in [-0.25, -0.2) is 4.98 Å². The summed E-state index contributed by atoms with van der Waals surface area (Å²) in [5.74, 6) is 0.105. The van der Waals surface area contributed by atoms with E-state index in [0.29, 0.717) is 6.54 Å². The molecule has 0 spiro atoms. The normalized spacial score (nSPS) is 13.6. The Balaban J connectivity index is 1.42. The average molecular weight is 443 g/mol. The fourth-order valence-corrected chi connectivity index (χ4v) is 5.27. The first-order valence-corrected chi connectivity index (χ1v) is 11.8. The Hall–Kier alpha value is -3.25. The van der Waals surface area contributed by atoms with Crippen molar-refractivity contribution in [1.82, 2.24) is 19.7 Å². The lowest BCUT2D eigenvalue weighted by atomic mass is 10.1. The number of fused-ring (bicyclic) bond motifs is 1. The number of amides is 1. The summed E-state index contributed by atoms with van der Waals surface area (Å²) in [6, 6.07) is 20.6. The molecule has 0 radical (unpaired) electrons. The first kappa shape index (κ1) is 20.6. The fourth-order valence-electron chi connectivity index (χ4n) is 4.29. The van der Waals surface area contributed by atoms with Crippen LogP contribution in [-0.2, 0) is 24.2 Å². The molecular weight excluding hydrogens is 416 g/mol. The zero-order valence-electron chi connectivity index (χ0n) is 18.4. The molecule has 0 bridgehead atoms. The molecule has 0 saturated carbocycles. The summed E-state index contributed by atoms with van der Waals surface area (Å²) in [6.45, 7) is 5.81. The Morgan fingerprint density at radius 1 is 0.969 bits per heavy atom. The molecule has 32 heavy (non-hydrogen) atoms. The zero-order chi connectivity index (χ0) is 22.1. The van der Waals surface area contributed by atoms with E-state index in [1.54, 1.807) is 11.3 Å². The predicted molar refractivity (Wildman–Crippen MR) is 129 cm³/mol. The second-order valence-electron chi connectivity index (χ2n) is 8.29. The molecule has 2 aromatic heterocycles.